The number of benzene rings is 1. The van der Waals surface area contributed by atoms with E-state index in [1.54, 1.807) is 29.6 Å². The molecule has 5 nitrogen and oxygen atoms in total. The predicted octanol–water partition coefficient (Wildman–Crippen LogP) is 1.72. The van der Waals surface area contributed by atoms with Gasteiger partial charge in [-0.3, -0.25) is 0 Å². The van der Waals surface area contributed by atoms with Crippen molar-refractivity contribution in [1.29, 1.82) is 0 Å². The second-order valence-corrected chi connectivity index (χ2v) is 8.22. The van der Waals surface area contributed by atoms with Crippen LogP contribution in [0.1, 0.15) is 18.4 Å². The zero-order chi connectivity index (χ0) is 15.7. The van der Waals surface area contributed by atoms with Crippen molar-refractivity contribution >= 4 is 10.0 Å². The van der Waals surface area contributed by atoms with Crippen molar-refractivity contribution in [2.45, 2.75) is 24.7 Å². The molecular weight excluding hydrogens is 300 g/mol. The number of methoxy groups -OCH3 is 1. The molecule has 1 aliphatic heterocycles. The summed E-state index contributed by atoms with van der Waals surface area (Å²) in [5, 5.41) is 0. The summed E-state index contributed by atoms with van der Waals surface area (Å²) < 4.78 is 32.3. The van der Waals surface area contributed by atoms with Gasteiger partial charge in [-0.05, 0) is 49.4 Å². The molecule has 1 heterocycles. The normalized spacial score (nSPS) is 21.0. The first kappa shape index (κ1) is 15.8. The van der Waals surface area contributed by atoms with Crippen molar-refractivity contribution in [2.24, 2.45) is 5.92 Å². The fraction of sp³-hybridized carbons (Fsp3) is 0.625. The molecule has 0 radical (unpaired) electrons. The average Bonchev–Trinajstić information content (AvgIpc) is 3.31. The van der Waals surface area contributed by atoms with Crippen molar-refractivity contribution in [3.05, 3.63) is 23.8 Å². The summed E-state index contributed by atoms with van der Waals surface area (Å²) in [6.45, 7) is 5.84. The van der Waals surface area contributed by atoms with Gasteiger partial charge in [-0.2, -0.15) is 4.31 Å². The number of piperazine rings is 1. The minimum Gasteiger partial charge on any atom is -0.496 e. The highest BCUT2D eigenvalue weighted by molar-refractivity contribution is 7.89. The smallest absolute Gasteiger partial charge is 0.243 e. The molecule has 1 aromatic rings. The molecule has 1 aromatic carbocycles. The third-order valence-electron chi connectivity index (χ3n) is 4.55. The number of nitrogens with zero attached hydrogens (tertiary/aromatic N) is 2. The largest absolute Gasteiger partial charge is 0.496 e. The predicted molar refractivity (Wildman–Crippen MR) is 85.7 cm³/mol. The van der Waals surface area contributed by atoms with Gasteiger partial charge in [-0.15, -0.1) is 0 Å². The van der Waals surface area contributed by atoms with Gasteiger partial charge in [0.1, 0.15) is 5.75 Å². The molecule has 0 aromatic heterocycles. The Kier molecular flexibility index (Phi) is 4.43. The zero-order valence-electron chi connectivity index (χ0n) is 13.3. The van der Waals surface area contributed by atoms with E-state index in [0.717, 1.165) is 31.1 Å². The first-order valence-electron chi connectivity index (χ1n) is 7.88. The van der Waals surface area contributed by atoms with E-state index >= 15 is 0 Å². The maximum atomic E-state index is 12.7. The van der Waals surface area contributed by atoms with E-state index < -0.39 is 10.0 Å². The van der Waals surface area contributed by atoms with Crippen molar-refractivity contribution in [1.82, 2.24) is 9.21 Å². The maximum absolute atomic E-state index is 12.7. The van der Waals surface area contributed by atoms with Gasteiger partial charge in [0.2, 0.25) is 10.0 Å². The standard InChI is InChI=1S/C16H24N2O3S/c1-13-11-15(5-6-16(13)21-2)22(19,20)18-9-7-17(8-10-18)12-14-3-4-14/h5-6,11,14H,3-4,7-10,12H2,1-2H3. The Hall–Kier alpha value is -1.11. The van der Waals surface area contributed by atoms with Gasteiger partial charge in [0.25, 0.3) is 0 Å². The van der Waals surface area contributed by atoms with Crippen LogP contribution in [-0.2, 0) is 10.0 Å². The van der Waals surface area contributed by atoms with Crippen LogP contribution >= 0.6 is 0 Å². The van der Waals surface area contributed by atoms with Gasteiger partial charge in [0.05, 0.1) is 12.0 Å². The molecule has 0 atom stereocenters. The van der Waals surface area contributed by atoms with Crippen LogP contribution in [0.15, 0.2) is 23.1 Å². The van der Waals surface area contributed by atoms with Gasteiger partial charge in [0.15, 0.2) is 0 Å². The Balaban J connectivity index is 1.69. The Bertz CT molecular complexity index is 633. The molecular formula is C16H24N2O3S. The van der Waals surface area contributed by atoms with Crippen molar-refractivity contribution in [3.63, 3.8) is 0 Å². The molecule has 1 saturated heterocycles. The molecule has 1 aliphatic carbocycles. The lowest BCUT2D eigenvalue weighted by atomic mass is 10.2. The van der Waals surface area contributed by atoms with Crippen molar-refractivity contribution in [2.75, 3.05) is 39.8 Å². The fourth-order valence-corrected chi connectivity index (χ4v) is 4.49. The molecule has 2 fully saturated rings. The third kappa shape index (κ3) is 3.29. The number of sulfonamides is 1. The minimum atomic E-state index is -3.39. The summed E-state index contributed by atoms with van der Waals surface area (Å²) in [7, 11) is -1.80. The highest BCUT2D eigenvalue weighted by Crippen LogP contribution is 2.30. The van der Waals surface area contributed by atoms with Crippen LogP contribution in [0.2, 0.25) is 0 Å². The van der Waals surface area contributed by atoms with E-state index in [1.807, 2.05) is 6.92 Å². The average molecular weight is 324 g/mol. The van der Waals surface area contributed by atoms with Crippen LogP contribution in [0, 0.1) is 12.8 Å². The summed E-state index contributed by atoms with van der Waals surface area (Å²) in [4.78, 5) is 2.75. The van der Waals surface area contributed by atoms with E-state index in [4.69, 9.17) is 4.74 Å². The molecule has 6 heteroatoms. The molecule has 3 rings (SSSR count). The van der Waals surface area contributed by atoms with Gasteiger partial charge in [0, 0.05) is 32.7 Å². The third-order valence-corrected chi connectivity index (χ3v) is 6.44. The minimum absolute atomic E-state index is 0.362. The van der Waals surface area contributed by atoms with E-state index in [0.29, 0.717) is 23.7 Å². The summed E-state index contributed by atoms with van der Waals surface area (Å²) in [5.74, 6) is 1.57. The van der Waals surface area contributed by atoms with Crippen LogP contribution < -0.4 is 4.74 Å². The first-order chi connectivity index (χ1) is 10.5. The van der Waals surface area contributed by atoms with E-state index in [2.05, 4.69) is 4.90 Å². The number of aryl methyl sites for hydroxylation is 1. The van der Waals surface area contributed by atoms with Crippen LogP contribution in [0.4, 0.5) is 0 Å². The van der Waals surface area contributed by atoms with Crippen LogP contribution in [0.3, 0.4) is 0 Å². The Labute approximate surface area is 132 Å². The lowest BCUT2D eigenvalue weighted by Crippen LogP contribution is -2.49. The molecule has 0 spiro atoms. The van der Waals surface area contributed by atoms with Crippen molar-refractivity contribution in [3.8, 4) is 5.75 Å². The number of rotatable bonds is 5. The number of hydrogen-bond donors (Lipinski definition) is 0. The van der Waals surface area contributed by atoms with Crippen LogP contribution in [0.25, 0.3) is 0 Å². The summed E-state index contributed by atoms with van der Waals surface area (Å²) in [6, 6.07) is 5.06. The van der Waals surface area contributed by atoms with Gasteiger partial charge < -0.3 is 9.64 Å². The zero-order valence-corrected chi connectivity index (χ0v) is 14.1. The summed E-state index contributed by atoms with van der Waals surface area (Å²) in [5.41, 5.74) is 0.843. The highest BCUT2D eigenvalue weighted by Gasteiger charge is 2.31. The highest BCUT2D eigenvalue weighted by atomic mass is 32.2. The van der Waals surface area contributed by atoms with Gasteiger partial charge in [-0.25, -0.2) is 8.42 Å². The Morgan fingerprint density at radius 1 is 1.18 bits per heavy atom. The van der Waals surface area contributed by atoms with Gasteiger partial charge >= 0.3 is 0 Å². The molecule has 22 heavy (non-hydrogen) atoms. The molecule has 122 valence electrons. The Morgan fingerprint density at radius 2 is 1.86 bits per heavy atom. The lowest BCUT2D eigenvalue weighted by Gasteiger charge is -2.34. The van der Waals surface area contributed by atoms with E-state index in [9.17, 15) is 8.42 Å². The van der Waals surface area contributed by atoms with E-state index in [-0.39, 0.29) is 0 Å². The molecule has 0 N–H and O–H groups in total. The summed E-state index contributed by atoms with van der Waals surface area (Å²) in [6.07, 6.45) is 2.67. The maximum Gasteiger partial charge on any atom is 0.243 e. The van der Waals surface area contributed by atoms with Crippen molar-refractivity contribution < 1.29 is 13.2 Å². The van der Waals surface area contributed by atoms with Gasteiger partial charge in [-0.1, -0.05) is 0 Å². The second kappa shape index (κ2) is 6.18. The molecule has 0 amide bonds. The lowest BCUT2D eigenvalue weighted by molar-refractivity contribution is 0.182. The molecule has 0 unspecified atom stereocenters. The molecule has 2 aliphatic rings. The van der Waals surface area contributed by atoms with E-state index in [1.165, 1.54) is 12.8 Å². The second-order valence-electron chi connectivity index (χ2n) is 6.28. The first-order valence-corrected chi connectivity index (χ1v) is 9.32. The van der Waals surface area contributed by atoms with Crippen LogP contribution in [0.5, 0.6) is 5.75 Å². The molecule has 0 bridgehead atoms. The molecule has 1 saturated carbocycles. The number of hydrogen-bond acceptors (Lipinski definition) is 4. The van der Waals surface area contributed by atoms with Crippen LogP contribution in [-0.4, -0.2) is 57.5 Å². The SMILES string of the molecule is COc1ccc(S(=O)(=O)N2CCN(CC3CC3)CC2)cc1C. The monoisotopic (exact) mass is 324 g/mol. The quantitative estimate of drug-likeness (QED) is 0.827. The summed E-state index contributed by atoms with van der Waals surface area (Å²) >= 11 is 0. The number of ether oxygens (including phenoxy) is 1. The topological polar surface area (TPSA) is 49.9 Å². The Morgan fingerprint density at radius 3 is 2.41 bits per heavy atom. The fourth-order valence-electron chi connectivity index (χ4n) is 2.98.